The molecule has 0 aliphatic rings. The molecule has 7 nitrogen and oxygen atoms in total. The molecule has 0 heterocycles. The van der Waals surface area contributed by atoms with E-state index in [1.807, 2.05) is 0 Å². The van der Waals surface area contributed by atoms with Gasteiger partial charge in [0.15, 0.2) is 0 Å². The number of aliphatic carboxylic acids is 1. The molecule has 0 saturated heterocycles. The lowest BCUT2D eigenvalue weighted by molar-refractivity contribution is -0.138. The van der Waals surface area contributed by atoms with Gasteiger partial charge in [0, 0.05) is 18.2 Å². The first kappa shape index (κ1) is 17.1. The highest BCUT2D eigenvalue weighted by Gasteiger charge is 2.15. The predicted octanol–water partition coefficient (Wildman–Crippen LogP) is 1.18. The highest BCUT2D eigenvalue weighted by Crippen LogP contribution is 2.14. The quantitative estimate of drug-likeness (QED) is 0.699. The van der Waals surface area contributed by atoms with Gasteiger partial charge in [0.25, 0.3) is 0 Å². The van der Waals surface area contributed by atoms with E-state index in [1.165, 1.54) is 24.3 Å². The maximum Gasteiger partial charge on any atom is 0.303 e. The van der Waals surface area contributed by atoms with Crippen molar-refractivity contribution in [2.75, 3.05) is 5.32 Å². The van der Waals surface area contributed by atoms with E-state index >= 15 is 0 Å². The molecule has 1 amide bonds. The summed E-state index contributed by atoms with van der Waals surface area (Å²) in [6.07, 6.45) is -0.388. The zero-order valence-corrected chi connectivity index (χ0v) is 12.6. The number of carbonyl (C=O) groups excluding carboxylic acids is 1. The first-order chi connectivity index (χ1) is 9.70. The fourth-order valence-electron chi connectivity index (χ4n) is 1.54. The number of sulfonamides is 1. The highest BCUT2D eigenvalue weighted by atomic mass is 32.2. The fourth-order valence-corrected chi connectivity index (χ4v) is 2.79. The van der Waals surface area contributed by atoms with Crippen LogP contribution in [0.2, 0.25) is 0 Å². The van der Waals surface area contributed by atoms with Crippen molar-refractivity contribution in [1.82, 2.24) is 4.72 Å². The van der Waals surface area contributed by atoms with Crippen LogP contribution in [0.25, 0.3) is 0 Å². The smallest absolute Gasteiger partial charge is 0.303 e. The Kier molecular flexibility index (Phi) is 5.86. The van der Waals surface area contributed by atoms with Gasteiger partial charge in [-0.25, -0.2) is 13.1 Å². The molecule has 1 aromatic carbocycles. The van der Waals surface area contributed by atoms with Crippen LogP contribution >= 0.6 is 0 Å². The number of nitrogens with one attached hydrogen (secondary N) is 2. The summed E-state index contributed by atoms with van der Waals surface area (Å²) in [6, 6.07) is 5.43. The molecule has 0 aromatic heterocycles. The molecule has 0 saturated carbocycles. The Morgan fingerprint density at radius 3 is 2.19 bits per heavy atom. The lowest BCUT2D eigenvalue weighted by Crippen LogP contribution is -2.30. The van der Waals surface area contributed by atoms with E-state index in [4.69, 9.17) is 5.11 Å². The molecule has 0 fully saturated rings. The van der Waals surface area contributed by atoms with Crippen LogP contribution in [0.5, 0.6) is 0 Å². The van der Waals surface area contributed by atoms with E-state index in [9.17, 15) is 18.0 Å². The number of benzene rings is 1. The third kappa shape index (κ3) is 5.92. The van der Waals surface area contributed by atoms with Crippen molar-refractivity contribution >= 4 is 27.6 Å². The molecule has 116 valence electrons. The average Bonchev–Trinajstić information content (AvgIpc) is 2.35. The summed E-state index contributed by atoms with van der Waals surface area (Å²) in [6.45, 7) is 3.43. The second kappa shape index (κ2) is 7.19. The summed E-state index contributed by atoms with van der Waals surface area (Å²) in [5, 5.41) is 11.0. The van der Waals surface area contributed by atoms with E-state index in [2.05, 4.69) is 10.0 Å². The van der Waals surface area contributed by atoms with Gasteiger partial charge in [-0.1, -0.05) is 0 Å². The molecular formula is C13H18N2O5S. The van der Waals surface area contributed by atoms with Gasteiger partial charge >= 0.3 is 5.97 Å². The number of carbonyl (C=O) groups is 2. The molecule has 1 rings (SSSR count). The lowest BCUT2D eigenvalue weighted by Gasteiger charge is -2.10. The molecule has 0 atom stereocenters. The van der Waals surface area contributed by atoms with Crippen LogP contribution in [0, 0.1) is 0 Å². The summed E-state index contributed by atoms with van der Waals surface area (Å²) >= 11 is 0. The Labute approximate surface area is 123 Å². The molecule has 8 heteroatoms. The minimum atomic E-state index is -3.57. The van der Waals surface area contributed by atoms with Crippen molar-refractivity contribution < 1.29 is 23.1 Å². The van der Waals surface area contributed by atoms with E-state index < -0.39 is 21.9 Å². The maximum atomic E-state index is 11.9. The summed E-state index contributed by atoms with van der Waals surface area (Å²) in [7, 11) is -3.57. The third-order valence-electron chi connectivity index (χ3n) is 2.41. The number of amides is 1. The monoisotopic (exact) mass is 314 g/mol. The largest absolute Gasteiger partial charge is 0.481 e. The normalized spacial score (nSPS) is 11.4. The molecule has 0 bridgehead atoms. The number of hydrogen-bond donors (Lipinski definition) is 3. The highest BCUT2D eigenvalue weighted by molar-refractivity contribution is 7.89. The molecule has 1 aromatic rings. The van der Waals surface area contributed by atoms with Crippen LogP contribution in [-0.2, 0) is 19.6 Å². The van der Waals surface area contributed by atoms with Crippen molar-refractivity contribution in [2.24, 2.45) is 0 Å². The topological polar surface area (TPSA) is 113 Å². The Balaban J connectivity index is 2.70. The third-order valence-corrected chi connectivity index (χ3v) is 4.08. The van der Waals surface area contributed by atoms with Crippen molar-refractivity contribution in [3.05, 3.63) is 24.3 Å². The van der Waals surface area contributed by atoms with Gasteiger partial charge in [-0.05, 0) is 38.1 Å². The Morgan fingerprint density at radius 1 is 1.14 bits per heavy atom. The van der Waals surface area contributed by atoms with Gasteiger partial charge in [-0.3, -0.25) is 9.59 Å². The lowest BCUT2D eigenvalue weighted by atomic mass is 10.2. The van der Waals surface area contributed by atoms with Gasteiger partial charge in [0.1, 0.15) is 0 Å². The standard InChI is InChI=1S/C13H18N2O5S/c1-9(2)15-21(19,20)11-5-3-10(4-6-11)14-12(16)7-8-13(17)18/h3-6,9,15H,7-8H2,1-2H3,(H,14,16)(H,17,18). The fraction of sp³-hybridized carbons (Fsp3) is 0.385. The van der Waals surface area contributed by atoms with Crippen LogP contribution in [0.1, 0.15) is 26.7 Å². The van der Waals surface area contributed by atoms with Crippen molar-refractivity contribution in [3.63, 3.8) is 0 Å². The van der Waals surface area contributed by atoms with Gasteiger partial charge in [-0.15, -0.1) is 0 Å². The molecule has 0 aliphatic carbocycles. The zero-order valence-electron chi connectivity index (χ0n) is 11.8. The number of carboxylic acids is 1. The molecule has 0 unspecified atom stereocenters. The number of anilines is 1. The molecule has 0 radical (unpaired) electrons. The molecule has 3 N–H and O–H groups in total. The summed E-state index contributed by atoms with van der Waals surface area (Å²) < 4.78 is 26.2. The maximum absolute atomic E-state index is 11.9. The van der Waals surface area contributed by atoms with E-state index in [0.717, 1.165) is 0 Å². The molecule has 21 heavy (non-hydrogen) atoms. The molecule has 0 spiro atoms. The predicted molar refractivity (Wildman–Crippen MR) is 77.4 cm³/mol. The van der Waals surface area contributed by atoms with Crippen molar-refractivity contribution in [3.8, 4) is 0 Å². The summed E-state index contributed by atoms with van der Waals surface area (Å²) in [4.78, 5) is 21.9. The Morgan fingerprint density at radius 2 is 1.71 bits per heavy atom. The van der Waals surface area contributed by atoms with E-state index in [-0.39, 0.29) is 23.8 Å². The summed E-state index contributed by atoms with van der Waals surface area (Å²) in [5.41, 5.74) is 0.411. The van der Waals surface area contributed by atoms with Gasteiger partial charge in [0.2, 0.25) is 15.9 Å². The number of carboxylic acid groups (broad SMARTS) is 1. The average molecular weight is 314 g/mol. The minimum absolute atomic E-state index is 0.0970. The minimum Gasteiger partial charge on any atom is -0.481 e. The van der Waals surface area contributed by atoms with E-state index in [1.54, 1.807) is 13.8 Å². The van der Waals surface area contributed by atoms with Crippen molar-refractivity contribution in [1.29, 1.82) is 0 Å². The van der Waals surface area contributed by atoms with Crippen LogP contribution in [0.15, 0.2) is 29.2 Å². The number of rotatable bonds is 7. The molecular weight excluding hydrogens is 296 g/mol. The zero-order chi connectivity index (χ0) is 16.0. The van der Waals surface area contributed by atoms with Crippen LogP contribution in [-0.4, -0.2) is 31.4 Å². The first-order valence-electron chi connectivity index (χ1n) is 6.35. The van der Waals surface area contributed by atoms with Crippen molar-refractivity contribution in [2.45, 2.75) is 37.6 Å². The van der Waals surface area contributed by atoms with Crippen LogP contribution < -0.4 is 10.0 Å². The van der Waals surface area contributed by atoms with Gasteiger partial charge in [-0.2, -0.15) is 0 Å². The first-order valence-corrected chi connectivity index (χ1v) is 7.83. The van der Waals surface area contributed by atoms with Crippen LogP contribution in [0.4, 0.5) is 5.69 Å². The second-order valence-electron chi connectivity index (χ2n) is 4.74. The molecule has 0 aliphatic heterocycles. The summed E-state index contributed by atoms with van der Waals surface area (Å²) in [5.74, 6) is -1.49. The van der Waals surface area contributed by atoms with Gasteiger partial charge < -0.3 is 10.4 Å². The second-order valence-corrected chi connectivity index (χ2v) is 6.46. The Bertz CT molecular complexity index is 608. The number of hydrogen-bond acceptors (Lipinski definition) is 4. The Hall–Kier alpha value is -1.93. The van der Waals surface area contributed by atoms with Crippen LogP contribution in [0.3, 0.4) is 0 Å². The van der Waals surface area contributed by atoms with Gasteiger partial charge in [0.05, 0.1) is 11.3 Å². The SMILES string of the molecule is CC(C)NS(=O)(=O)c1ccc(NC(=O)CCC(=O)O)cc1. The van der Waals surface area contributed by atoms with E-state index in [0.29, 0.717) is 5.69 Å².